The number of benzene rings is 1. The van der Waals surface area contributed by atoms with Crippen LogP contribution in [0, 0.1) is 5.92 Å². The molecule has 0 aliphatic carbocycles. The summed E-state index contributed by atoms with van der Waals surface area (Å²) in [5.41, 5.74) is 6.36. The number of amides is 1. The molecule has 1 unspecified atom stereocenters. The van der Waals surface area contributed by atoms with Crippen LogP contribution in [0.5, 0.6) is 0 Å². The first-order chi connectivity index (χ1) is 10.3. The Balaban J connectivity index is 1.97. The third-order valence-corrected chi connectivity index (χ3v) is 3.68. The molecule has 122 valence electrons. The van der Waals surface area contributed by atoms with Crippen LogP contribution >= 0.6 is 0 Å². The predicted molar refractivity (Wildman–Crippen MR) is 76.3 cm³/mol. The lowest BCUT2D eigenvalue weighted by Gasteiger charge is -2.26. The van der Waals surface area contributed by atoms with Crippen LogP contribution < -0.4 is 11.1 Å². The van der Waals surface area contributed by atoms with E-state index in [1.165, 1.54) is 18.2 Å². The highest BCUT2D eigenvalue weighted by Gasteiger charge is 2.28. The number of nitrogens with one attached hydrogen (secondary N) is 1. The Bertz CT molecular complexity index is 514. The zero-order valence-electron chi connectivity index (χ0n) is 12.0. The fourth-order valence-electron chi connectivity index (χ4n) is 2.51. The number of hydrogen-bond donors (Lipinski definition) is 2. The summed E-state index contributed by atoms with van der Waals surface area (Å²) in [6.45, 7) is 1.15. The van der Waals surface area contributed by atoms with Gasteiger partial charge in [0.05, 0.1) is 12.5 Å². The molecule has 1 heterocycles. The van der Waals surface area contributed by atoms with Gasteiger partial charge in [-0.3, -0.25) is 4.79 Å². The summed E-state index contributed by atoms with van der Waals surface area (Å²) in [7, 11) is 0. The van der Waals surface area contributed by atoms with E-state index in [-0.39, 0.29) is 17.4 Å². The number of rotatable bonds is 4. The topological polar surface area (TPSA) is 64.4 Å². The number of nitrogens with two attached hydrogens (primary N) is 1. The Morgan fingerprint density at radius 2 is 2.05 bits per heavy atom. The van der Waals surface area contributed by atoms with Crippen molar-refractivity contribution < 1.29 is 22.7 Å². The van der Waals surface area contributed by atoms with Crippen LogP contribution in [0.15, 0.2) is 24.3 Å². The van der Waals surface area contributed by atoms with Crippen LogP contribution in [0.4, 0.5) is 18.9 Å². The SMILES string of the molecule is NC(C(=O)Nc1cccc(CC(F)(F)F)c1)C1CCOCC1. The quantitative estimate of drug-likeness (QED) is 0.897. The Kier molecular flexibility index (Phi) is 5.42. The maximum absolute atomic E-state index is 12.4. The molecule has 22 heavy (non-hydrogen) atoms. The average molecular weight is 316 g/mol. The maximum Gasteiger partial charge on any atom is 0.393 e. The van der Waals surface area contributed by atoms with E-state index in [4.69, 9.17) is 10.5 Å². The van der Waals surface area contributed by atoms with Gasteiger partial charge in [0.15, 0.2) is 0 Å². The number of anilines is 1. The minimum Gasteiger partial charge on any atom is -0.381 e. The minimum atomic E-state index is -4.28. The summed E-state index contributed by atoms with van der Waals surface area (Å²) >= 11 is 0. The minimum absolute atomic E-state index is 0.0344. The van der Waals surface area contributed by atoms with Crippen molar-refractivity contribution in [2.45, 2.75) is 31.5 Å². The highest BCUT2D eigenvalue weighted by molar-refractivity contribution is 5.94. The Morgan fingerprint density at radius 3 is 2.68 bits per heavy atom. The van der Waals surface area contributed by atoms with E-state index < -0.39 is 18.6 Å². The van der Waals surface area contributed by atoms with Gasteiger partial charge in [0.25, 0.3) is 0 Å². The lowest BCUT2D eigenvalue weighted by Crippen LogP contribution is -2.44. The largest absolute Gasteiger partial charge is 0.393 e. The number of carbonyl (C=O) groups is 1. The smallest absolute Gasteiger partial charge is 0.381 e. The molecule has 0 saturated carbocycles. The summed E-state index contributed by atoms with van der Waals surface area (Å²) < 4.78 is 42.4. The first kappa shape index (κ1) is 16.8. The second kappa shape index (κ2) is 7.11. The van der Waals surface area contributed by atoms with Crippen molar-refractivity contribution in [1.29, 1.82) is 0 Å². The molecule has 0 aromatic heterocycles. The highest BCUT2D eigenvalue weighted by Crippen LogP contribution is 2.23. The Hall–Kier alpha value is -1.60. The van der Waals surface area contributed by atoms with Crippen LogP contribution in [0.2, 0.25) is 0 Å². The van der Waals surface area contributed by atoms with Crippen molar-refractivity contribution in [1.82, 2.24) is 0 Å². The van der Waals surface area contributed by atoms with Crippen molar-refractivity contribution in [2.24, 2.45) is 11.7 Å². The molecule has 1 aromatic rings. The van der Waals surface area contributed by atoms with Gasteiger partial charge in [-0.25, -0.2) is 0 Å². The molecule has 4 nitrogen and oxygen atoms in total. The van der Waals surface area contributed by atoms with Crippen LogP contribution in [0.1, 0.15) is 18.4 Å². The number of hydrogen-bond acceptors (Lipinski definition) is 3. The third-order valence-electron chi connectivity index (χ3n) is 3.68. The zero-order valence-corrected chi connectivity index (χ0v) is 12.0. The molecule has 1 aliphatic heterocycles. The van der Waals surface area contributed by atoms with Crippen LogP contribution in [0.3, 0.4) is 0 Å². The molecule has 1 aliphatic rings. The summed E-state index contributed by atoms with van der Waals surface area (Å²) in [5.74, 6) is -0.344. The van der Waals surface area contributed by atoms with Crippen molar-refractivity contribution in [3.8, 4) is 0 Å². The highest BCUT2D eigenvalue weighted by atomic mass is 19.4. The maximum atomic E-state index is 12.4. The standard InChI is InChI=1S/C15H19F3N2O2/c16-15(17,18)9-10-2-1-3-12(8-10)20-14(21)13(19)11-4-6-22-7-5-11/h1-3,8,11,13H,4-7,9,19H2,(H,20,21). The molecule has 1 amide bonds. The van der Waals surface area contributed by atoms with Gasteiger partial charge in [0.1, 0.15) is 0 Å². The summed E-state index contributed by atoms with van der Waals surface area (Å²) in [5, 5.41) is 2.59. The lowest BCUT2D eigenvalue weighted by molar-refractivity contribution is -0.127. The lowest BCUT2D eigenvalue weighted by atomic mass is 9.92. The first-order valence-electron chi connectivity index (χ1n) is 7.15. The van der Waals surface area contributed by atoms with E-state index in [1.807, 2.05) is 0 Å². The molecule has 0 spiro atoms. The first-order valence-corrected chi connectivity index (χ1v) is 7.15. The zero-order chi connectivity index (χ0) is 16.2. The number of carbonyl (C=O) groups excluding carboxylic acids is 1. The van der Waals surface area contributed by atoms with Gasteiger partial charge in [-0.1, -0.05) is 12.1 Å². The van der Waals surface area contributed by atoms with E-state index in [1.54, 1.807) is 6.07 Å². The third kappa shape index (κ3) is 4.99. The second-order valence-electron chi connectivity index (χ2n) is 5.46. The molecule has 2 rings (SSSR count). The monoisotopic (exact) mass is 316 g/mol. The van der Waals surface area contributed by atoms with E-state index in [0.717, 1.165) is 0 Å². The molecular formula is C15H19F3N2O2. The normalized spacial score (nSPS) is 18.0. The molecule has 0 radical (unpaired) electrons. The van der Waals surface area contributed by atoms with Gasteiger partial charge in [-0.15, -0.1) is 0 Å². The average Bonchev–Trinajstić information content (AvgIpc) is 2.46. The van der Waals surface area contributed by atoms with Gasteiger partial charge < -0.3 is 15.8 Å². The van der Waals surface area contributed by atoms with E-state index in [2.05, 4.69) is 5.32 Å². The number of alkyl halides is 3. The van der Waals surface area contributed by atoms with E-state index in [9.17, 15) is 18.0 Å². The molecule has 1 aromatic carbocycles. The predicted octanol–water partition coefficient (Wildman–Crippen LogP) is 2.48. The molecular weight excluding hydrogens is 297 g/mol. The molecule has 1 atom stereocenters. The fourth-order valence-corrected chi connectivity index (χ4v) is 2.51. The Morgan fingerprint density at radius 1 is 1.36 bits per heavy atom. The molecule has 1 fully saturated rings. The van der Waals surface area contributed by atoms with Gasteiger partial charge >= 0.3 is 6.18 Å². The summed E-state index contributed by atoms with van der Waals surface area (Å²) in [6.07, 6.45) is -3.88. The van der Waals surface area contributed by atoms with Gasteiger partial charge in [-0.05, 0) is 36.5 Å². The van der Waals surface area contributed by atoms with Crippen molar-refractivity contribution >= 4 is 11.6 Å². The van der Waals surface area contributed by atoms with Gasteiger partial charge in [0.2, 0.25) is 5.91 Å². The summed E-state index contributed by atoms with van der Waals surface area (Å²) in [4.78, 5) is 12.1. The van der Waals surface area contributed by atoms with Gasteiger partial charge in [0, 0.05) is 18.9 Å². The molecule has 3 N–H and O–H groups in total. The Labute approximate surface area is 126 Å². The van der Waals surface area contributed by atoms with Gasteiger partial charge in [-0.2, -0.15) is 13.2 Å². The molecule has 0 bridgehead atoms. The molecule has 7 heteroatoms. The number of halogens is 3. The van der Waals surface area contributed by atoms with E-state index in [0.29, 0.717) is 31.7 Å². The van der Waals surface area contributed by atoms with Crippen molar-refractivity contribution in [2.75, 3.05) is 18.5 Å². The van der Waals surface area contributed by atoms with Crippen molar-refractivity contribution in [3.63, 3.8) is 0 Å². The molecule has 1 saturated heterocycles. The van der Waals surface area contributed by atoms with Crippen LogP contribution in [0.25, 0.3) is 0 Å². The summed E-state index contributed by atoms with van der Waals surface area (Å²) in [6, 6.07) is 5.05. The number of ether oxygens (including phenoxy) is 1. The second-order valence-corrected chi connectivity index (χ2v) is 5.46. The van der Waals surface area contributed by atoms with Crippen molar-refractivity contribution in [3.05, 3.63) is 29.8 Å². The van der Waals surface area contributed by atoms with E-state index >= 15 is 0 Å². The fraction of sp³-hybridized carbons (Fsp3) is 0.533. The van der Waals surface area contributed by atoms with Crippen LogP contribution in [-0.4, -0.2) is 31.3 Å². The van der Waals surface area contributed by atoms with Crippen LogP contribution in [-0.2, 0) is 16.0 Å².